The number of carbonyl (C=O) groups excluding carboxylic acids is 1. The van der Waals surface area contributed by atoms with E-state index >= 15 is 0 Å². The number of anilines is 1. The monoisotopic (exact) mass is 321 g/mol. The lowest BCUT2D eigenvalue weighted by atomic mass is 9.99. The van der Waals surface area contributed by atoms with Crippen LogP contribution in [0, 0.1) is 0 Å². The number of urea groups is 1. The molecule has 0 bridgehead atoms. The van der Waals surface area contributed by atoms with E-state index in [-0.39, 0.29) is 6.03 Å². The van der Waals surface area contributed by atoms with Crippen LogP contribution in [0.2, 0.25) is 0 Å². The Hall–Kier alpha value is -1.24. The molecule has 120 valence electrons. The van der Waals surface area contributed by atoms with Crippen molar-refractivity contribution in [3.8, 4) is 0 Å². The zero-order chi connectivity index (χ0) is 15.2. The van der Waals surface area contributed by atoms with E-state index in [1.807, 2.05) is 0 Å². The third kappa shape index (κ3) is 2.49. The Balaban J connectivity index is 1.67. The van der Waals surface area contributed by atoms with Crippen molar-refractivity contribution in [2.45, 2.75) is 44.9 Å². The third-order valence-electron chi connectivity index (χ3n) is 4.97. The molecule has 4 rings (SSSR count). The molecule has 1 aromatic carbocycles. The number of benzene rings is 1. The molecule has 1 fully saturated rings. The first-order chi connectivity index (χ1) is 10.6. The fourth-order valence-electron chi connectivity index (χ4n) is 3.97. The molecular formula is C16H23N3O2S. The predicted octanol–water partition coefficient (Wildman–Crippen LogP) is 2.65. The van der Waals surface area contributed by atoms with E-state index in [9.17, 15) is 9.35 Å². The molecule has 2 amide bonds. The number of hydrogen-bond donors (Lipinski definition) is 4. The molecule has 3 aliphatic rings. The first kappa shape index (κ1) is 14.4. The van der Waals surface area contributed by atoms with Gasteiger partial charge in [0.15, 0.2) is 0 Å². The van der Waals surface area contributed by atoms with Crippen LogP contribution in [0.4, 0.5) is 10.5 Å². The van der Waals surface area contributed by atoms with Crippen LogP contribution in [0.5, 0.6) is 0 Å². The van der Waals surface area contributed by atoms with Crippen molar-refractivity contribution < 1.29 is 9.35 Å². The number of amides is 2. The number of nitrogens with one attached hydrogen (secondary N) is 2. The van der Waals surface area contributed by atoms with Crippen LogP contribution in [0.15, 0.2) is 10.4 Å². The van der Waals surface area contributed by atoms with E-state index < -0.39 is 10.3 Å². The number of nitrogens with zero attached hydrogens (tertiary/aromatic N) is 1. The van der Waals surface area contributed by atoms with Crippen LogP contribution in [-0.4, -0.2) is 22.9 Å². The van der Waals surface area contributed by atoms with Crippen molar-refractivity contribution in [3.05, 3.63) is 28.3 Å². The number of hydrogen-bond acceptors (Lipinski definition) is 1. The quantitative estimate of drug-likeness (QED) is 0.601. The Morgan fingerprint density at radius 3 is 2.41 bits per heavy atom. The van der Waals surface area contributed by atoms with E-state index in [0.29, 0.717) is 5.75 Å². The van der Waals surface area contributed by atoms with E-state index in [4.69, 9.17) is 0 Å². The van der Waals surface area contributed by atoms with Crippen LogP contribution in [0.1, 0.15) is 41.5 Å². The van der Waals surface area contributed by atoms with Gasteiger partial charge in [0.2, 0.25) is 0 Å². The molecule has 22 heavy (non-hydrogen) atoms. The van der Waals surface area contributed by atoms with Gasteiger partial charge in [0, 0.05) is 18.0 Å². The van der Waals surface area contributed by atoms with Crippen molar-refractivity contribution in [2.24, 2.45) is 4.36 Å². The van der Waals surface area contributed by atoms with Gasteiger partial charge >= 0.3 is 6.03 Å². The molecule has 1 saturated heterocycles. The smallest absolute Gasteiger partial charge is 0.332 e. The molecule has 3 N–H and O–H groups in total. The van der Waals surface area contributed by atoms with Crippen LogP contribution in [-0.2, 0) is 36.0 Å². The van der Waals surface area contributed by atoms with Gasteiger partial charge in [-0.25, -0.2) is 4.79 Å². The molecule has 6 heteroatoms. The summed E-state index contributed by atoms with van der Waals surface area (Å²) < 4.78 is 17.4. The summed E-state index contributed by atoms with van der Waals surface area (Å²) in [5, 5.41) is 3.02. The summed E-state index contributed by atoms with van der Waals surface area (Å²) in [5.41, 5.74) is 6.39. The number of thiol groups is 1. The Morgan fingerprint density at radius 1 is 1.14 bits per heavy atom. The van der Waals surface area contributed by atoms with Gasteiger partial charge in [0.25, 0.3) is 0 Å². The molecule has 2 aliphatic carbocycles. The average Bonchev–Trinajstić information content (AvgIpc) is 3.18. The molecule has 0 radical (unpaired) electrons. The second-order valence-electron chi connectivity index (χ2n) is 6.48. The average molecular weight is 321 g/mol. The maximum Gasteiger partial charge on any atom is 0.352 e. The summed E-state index contributed by atoms with van der Waals surface area (Å²) in [7, 11) is -2.59. The lowest BCUT2D eigenvalue weighted by Gasteiger charge is -2.18. The zero-order valence-electron chi connectivity index (χ0n) is 12.7. The lowest BCUT2D eigenvalue weighted by molar-refractivity contribution is 0.259. The fraction of sp³-hybridized carbons (Fsp3) is 0.562. The minimum Gasteiger partial charge on any atom is -0.332 e. The third-order valence-corrected chi connectivity index (χ3v) is 7.16. The molecule has 1 aliphatic heterocycles. The Labute approximate surface area is 131 Å². The van der Waals surface area contributed by atoms with E-state index in [1.165, 1.54) is 22.3 Å². The highest BCUT2D eigenvalue weighted by molar-refractivity contribution is 7.98. The molecule has 0 unspecified atom stereocenters. The summed E-state index contributed by atoms with van der Waals surface area (Å²) in [6, 6.07) is 1.95. The largest absolute Gasteiger partial charge is 0.352 e. The topological polar surface area (TPSA) is 73.7 Å². The standard InChI is InChI=1S/C16H23N3O2S/c20-16(19-22(21)9-3-8-17-22)18-15-13-6-1-4-11(13)10-12-5-2-7-14(12)15/h10,22H,1-9H2,(H3,17,18,19,20,21). The first-order valence-corrected chi connectivity index (χ1v) is 10.1. The molecule has 0 aromatic heterocycles. The Kier molecular flexibility index (Phi) is 3.55. The molecule has 1 heterocycles. The van der Waals surface area contributed by atoms with Crippen molar-refractivity contribution in [3.63, 3.8) is 0 Å². The van der Waals surface area contributed by atoms with Gasteiger partial charge in [0.1, 0.15) is 0 Å². The highest BCUT2D eigenvalue weighted by Crippen LogP contribution is 2.38. The number of aryl methyl sites for hydroxylation is 2. The summed E-state index contributed by atoms with van der Waals surface area (Å²) in [6.45, 7) is 0.747. The zero-order valence-corrected chi connectivity index (χ0v) is 13.6. The maximum atomic E-state index is 12.3. The van der Waals surface area contributed by atoms with Gasteiger partial charge in [-0.15, -0.1) is 0 Å². The fourth-order valence-corrected chi connectivity index (χ4v) is 5.77. The molecule has 5 nitrogen and oxygen atoms in total. The molecule has 1 aromatic rings. The molecule has 0 saturated carbocycles. The molecular weight excluding hydrogens is 298 g/mol. The Bertz CT molecular complexity index is 657. The lowest BCUT2D eigenvalue weighted by Crippen LogP contribution is -2.27. The summed E-state index contributed by atoms with van der Waals surface area (Å²) in [4.78, 5) is 12.3. The second kappa shape index (κ2) is 5.44. The van der Waals surface area contributed by atoms with Crippen LogP contribution in [0.3, 0.4) is 0 Å². The van der Waals surface area contributed by atoms with Crippen molar-refractivity contribution in [2.75, 3.05) is 17.6 Å². The van der Waals surface area contributed by atoms with Crippen molar-refractivity contribution >= 4 is 22.0 Å². The Morgan fingerprint density at radius 2 is 1.82 bits per heavy atom. The van der Waals surface area contributed by atoms with Crippen molar-refractivity contribution in [1.82, 2.24) is 4.72 Å². The van der Waals surface area contributed by atoms with Crippen LogP contribution < -0.4 is 10.0 Å². The van der Waals surface area contributed by atoms with E-state index in [1.54, 1.807) is 0 Å². The molecule has 0 atom stereocenters. The number of carbonyl (C=O) groups is 1. The van der Waals surface area contributed by atoms with Gasteiger partial charge < -0.3 is 9.87 Å². The van der Waals surface area contributed by atoms with E-state index in [0.717, 1.165) is 57.2 Å². The van der Waals surface area contributed by atoms with Crippen LogP contribution in [0.25, 0.3) is 0 Å². The minimum absolute atomic E-state index is 0.389. The van der Waals surface area contributed by atoms with Crippen LogP contribution >= 0.6 is 0 Å². The normalized spacial score (nSPS) is 23.0. The number of fused-ring (bicyclic) bond motifs is 2. The highest BCUT2D eigenvalue weighted by Gasteiger charge is 2.25. The van der Waals surface area contributed by atoms with Gasteiger partial charge in [-0.3, -0.25) is 4.72 Å². The van der Waals surface area contributed by atoms with E-state index in [2.05, 4.69) is 20.5 Å². The second-order valence-corrected chi connectivity index (χ2v) is 8.90. The SMILES string of the molecule is O=C(N=[SH]1(O)CCCN1)Nc1c2c(cc3c1CCC3)CCC2. The minimum atomic E-state index is -2.59. The van der Waals surface area contributed by atoms with Gasteiger partial charge in [-0.1, -0.05) is 16.4 Å². The predicted molar refractivity (Wildman–Crippen MR) is 90.8 cm³/mol. The summed E-state index contributed by atoms with van der Waals surface area (Å²) in [5.74, 6) is 0.603. The van der Waals surface area contributed by atoms with Gasteiger partial charge in [-0.05, 0) is 67.2 Å². The number of rotatable bonds is 1. The van der Waals surface area contributed by atoms with Gasteiger partial charge in [0.05, 0.1) is 0 Å². The summed E-state index contributed by atoms with van der Waals surface area (Å²) >= 11 is 0. The highest BCUT2D eigenvalue weighted by atomic mass is 32.3. The van der Waals surface area contributed by atoms with Crippen molar-refractivity contribution in [1.29, 1.82) is 0 Å². The summed E-state index contributed by atoms with van der Waals surface area (Å²) in [6.07, 6.45) is 7.51. The van der Waals surface area contributed by atoms with Gasteiger partial charge in [-0.2, -0.15) is 4.36 Å². The molecule has 0 spiro atoms. The first-order valence-electron chi connectivity index (χ1n) is 8.21. The maximum absolute atomic E-state index is 12.3.